The van der Waals surface area contributed by atoms with Crippen LogP contribution in [0.2, 0.25) is 0 Å². The van der Waals surface area contributed by atoms with Crippen molar-refractivity contribution in [3.63, 3.8) is 0 Å². The van der Waals surface area contributed by atoms with Gasteiger partial charge >= 0.3 is 12.4 Å². The number of likely N-dealkylation sites (tertiary alicyclic amines) is 1. The monoisotopic (exact) mass is 322 g/mol. The predicted molar refractivity (Wildman–Crippen MR) is 60.3 cm³/mol. The number of rotatable bonds is 4. The van der Waals surface area contributed by atoms with Gasteiger partial charge in [-0.25, -0.2) is 0 Å². The number of alkyl halides is 6. The Morgan fingerprint density at radius 2 is 1.71 bits per heavy atom. The van der Waals surface area contributed by atoms with Crippen molar-refractivity contribution in [2.45, 2.75) is 31.3 Å². The quantitative estimate of drug-likeness (QED) is 0.767. The number of halogens is 6. The molecule has 4 nitrogen and oxygen atoms in total. The van der Waals surface area contributed by atoms with Gasteiger partial charge in [-0.05, 0) is 31.8 Å². The van der Waals surface area contributed by atoms with Crippen molar-refractivity contribution in [2.24, 2.45) is 5.92 Å². The molecule has 10 heteroatoms. The van der Waals surface area contributed by atoms with Crippen molar-refractivity contribution >= 4 is 5.91 Å². The highest BCUT2D eigenvalue weighted by Crippen LogP contribution is 2.31. The number of hydrogen-bond donors (Lipinski definition) is 2. The third-order valence-electron chi connectivity index (χ3n) is 3.27. The largest absolute Gasteiger partial charge is 0.414 e. The third-order valence-corrected chi connectivity index (χ3v) is 3.27. The van der Waals surface area contributed by atoms with Crippen LogP contribution < -0.4 is 5.32 Å². The fraction of sp³-hybridized carbons (Fsp3) is 0.909. The van der Waals surface area contributed by atoms with Crippen molar-refractivity contribution in [1.82, 2.24) is 10.2 Å². The fourth-order valence-corrected chi connectivity index (χ4v) is 2.15. The van der Waals surface area contributed by atoms with Crippen molar-refractivity contribution in [3.8, 4) is 0 Å². The van der Waals surface area contributed by atoms with Crippen LogP contribution in [-0.2, 0) is 4.79 Å². The number of hydrogen-bond acceptors (Lipinski definition) is 3. The van der Waals surface area contributed by atoms with E-state index in [2.05, 4.69) is 0 Å². The number of aliphatic hydroxyl groups excluding tert-OH is 1. The summed E-state index contributed by atoms with van der Waals surface area (Å²) in [7, 11) is 0. The molecule has 1 atom stereocenters. The lowest BCUT2D eigenvalue weighted by Gasteiger charge is -2.34. The molecule has 21 heavy (non-hydrogen) atoms. The summed E-state index contributed by atoms with van der Waals surface area (Å²) in [6, 6.07) is 0. The molecule has 0 bridgehead atoms. The van der Waals surface area contributed by atoms with Crippen LogP contribution >= 0.6 is 0 Å². The molecule has 0 aromatic carbocycles. The second-order valence-corrected chi connectivity index (χ2v) is 4.99. The van der Waals surface area contributed by atoms with Crippen LogP contribution in [-0.4, -0.2) is 60.5 Å². The van der Waals surface area contributed by atoms with E-state index in [1.807, 2.05) is 0 Å². The van der Waals surface area contributed by atoms with Gasteiger partial charge in [0.2, 0.25) is 5.91 Å². The second-order valence-electron chi connectivity index (χ2n) is 4.99. The van der Waals surface area contributed by atoms with Gasteiger partial charge in [-0.1, -0.05) is 0 Å². The molecule has 0 aromatic heterocycles. The molecule has 1 amide bonds. The number of amides is 1. The van der Waals surface area contributed by atoms with Gasteiger partial charge in [0.25, 0.3) is 0 Å². The minimum atomic E-state index is -4.68. The van der Waals surface area contributed by atoms with E-state index in [0.717, 1.165) is 0 Å². The first kappa shape index (κ1) is 18.0. The smallest absolute Gasteiger partial charge is 0.383 e. The third kappa shape index (κ3) is 6.51. The average Bonchev–Trinajstić information content (AvgIpc) is 2.34. The molecule has 0 saturated carbocycles. The summed E-state index contributed by atoms with van der Waals surface area (Å²) in [5.41, 5.74) is 0. The number of carbonyl (C=O) groups is 1. The van der Waals surface area contributed by atoms with Gasteiger partial charge in [0.05, 0.1) is 6.54 Å². The molecule has 1 rings (SSSR count). The van der Waals surface area contributed by atoms with Gasteiger partial charge in [0.15, 0.2) is 6.10 Å². The van der Waals surface area contributed by atoms with E-state index in [1.165, 1.54) is 4.90 Å². The minimum absolute atomic E-state index is 0.0349. The minimum Gasteiger partial charge on any atom is -0.383 e. The molecule has 1 aliphatic heterocycles. The Balaban J connectivity index is 2.32. The molecule has 1 saturated heterocycles. The van der Waals surface area contributed by atoms with E-state index in [-0.39, 0.29) is 32.5 Å². The number of aliphatic hydroxyl groups is 1. The molecule has 1 heterocycles. The molecule has 0 aliphatic carbocycles. The maximum atomic E-state index is 12.3. The molecular formula is C11H16F6N2O2. The maximum Gasteiger partial charge on any atom is 0.414 e. The molecule has 124 valence electrons. The van der Waals surface area contributed by atoms with Gasteiger partial charge in [0, 0.05) is 0 Å². The van der Waals surface area contributed by atoms with E-state index in [4.69, 9.17) is 5.11 Å². The predicted octanol–water partition coefficient (Wildman–Crippen LogP) is 1.30. The Kier molecular flexibility index (Phi) is 5.85. The molecule has 1 unspecified atom stereocenters. The first-order valence-electron chi connectivity index (χ1n) is 6.29. The van der Waals surface area contributed by atoms with E-state index >= 15 is 0 Å². The van der Waals surface area contributed by atoms with Crippen LogP contribution in [0.4, 0.5) is 26.3 Å². The zero-order valence-electron chi connectivity index (χ0n) is 11.0. The molecule has 0 aromatic rings. The van der Waals surface area contributed by atoms with E-state index < -0.39 is 36.8 Å². The van der Waals surface area contributed by atoms with Crippen LogP contribution in [0.1, 0.15) is 12.8 Å². The highest BCUT2D eigenvalue weighted by Gasteiger charge is 2.44. The summed E-state index contributed by atoms with van der Waals surface area (Å²) in [6.07, 6.45) is -11.5. The summed E-state index contributed by atoms with van der Waals surface area (Å²) < 4.78 is 72.6. The first-order valence-corrected chi connectivity index (χ1v) is 6.29. The van der Waals surface area contributed by atoms with Crippen molar-refractivity contribution in [1.29, 1.82) is 0 Å². The summed E-state index contributed by atoms with van der Waals surface area (Å²) in [5, 5.41) is 10.8. The van der Waals surface area contributed by atoms with Gasteiger partial charge in [-0.3, -0.25) is 9.69 Å². The number of piperidine rings is 1. The van der Waals surface area contributed by atoms with Gasteiger partial charge in [-0.2, -0.15) is 26.3 Å². The van der Waals surface area contributed by atoms with Crippen molar-refractivity contribution < 1.29 is 36.2 Å². The van der Waals surface area contributed by atoms with Crippen molar-refractivity contribution in [3.05, 3.63) is 0 Å². The highest BCUT2D eigenvalue weighted by molar-refractivity contribution is 5.78. The lowest BCUT2D eigenvalue weighted by molar-refractivity contribution is -0.223. The van der Waals surface area contributed by atoms with E-state index in [9.17, 15) is 31.1 Å². The summed E-state index contributed by atoms with van der Waals surface area (Å²) >= 11 is 0. The van der Waals surface area contributed by atoms with Crippen molar-refractivity contribution in [2.75, 3.05) is 26.2 Å². The van der Waals surface area contributed by atoms with Crippen LogP contribution in [0.25, 0.3) is 0 Å². The lowest BCUT2D eigenvalue weighted by Crippen LogP contribution is -2.47. The summed E-state index contributed by atoms with van der Waals surface area (Å²) in [5.74, 6) is -1.78. The van der Waals surface area contributed by atoms with E-state index in [0.29, 0.717) is 0 Å². The first-order chi connectivity index (χ1) is 9.49. The molecule has 0 radical (unpaired) electrons. The Morgan fingerprint density at radius 1 is 1.19 bits per heavy atom. The molecule has 0 spiro atoms. The number of nitrogens with zero attached hydrogens (tertiary/aromatic N) is 1. The maximum absolute atomic E-state index is 12.3. The lowest BCUT2D eigenvalue weighted by atomic mass is 9.91. The molecule has 1 aliphatic rings. The van der Waals surface area contributed by atoms with Crippen LogP contribution in [0.15, 0.2) is 0 Å². The Morgan fingerprint density at radius 3 is 2.14 bits per heavy atom. The van der Waals surface area contributed by atoms with Gasteiger partial charge in [0.1, 0.15) is 6.54 Å². The zero-order chi connectivity index (χ0) is 16.3. The van der Waals surface area contributed by atoms with Crippen LogP contribution in [0, 0.1) is 5.92 Å². The Hall–Kier alpha value is -1.03. The molecule has 2 N–H and O–H groups in total. The number of carbonyl (C=O) groups excluding carboxylic acids is 1. The van der Waals surface area contributed by atoms with Crippen LogP contribution in [0.5, 0.6) is 0 Å². The molecule has 1 fully saturated rings. The second kappa shape index (κ2) is 6.82. The Bertz CT molecular complexity index is 350. The van der Waals surface area contributed by atoms with Gasteiger partial charge in [-0.15, -0.1) is 0 Å². The normalized spacial score (nSPS) is 20.3. The van der Waals surface area contributed by atoms with E-state index in [1.54, 1.807) is 5.32 Å². The Labute approximate surface area is 117 Å². The summed E-state index contributed by atoms with van der Waals surface area (Å²) in [4.78, 5) is 12.7. The topological polar surface area (TPSA) is 52.6 Å². The van der Waals surface area contributed by atoms with Crippen LogP contribution in [0.3, 0.4) is 0 Å². The number of nitrogens with one attached hydrogen (secondary N) is 1. The fourth-order valence-electron chi connectivity index (χ4n) is 2.15. The summed E-state index contributed by atoms with van der Waals surface area (Å²) in [6.45, 7) is -1.49. The molecular weight excluding hydrogens is 306 g/mol. The van der Waals surface area contributed by atoms with Gasteiger partial charge < -0.3 is 10.4 Å². The SMILES string of the molecule is O=C(CN1CCC(C(O)C(F)(F)F)CC1)NCC(F)(F)F. The standard InChI is InChI=1S/C11H16F6N2O2/c12-10(13,14)6-18-8(20)5-19-3-1-7(2-4-19)9(21)11(15,16)17/h7,9,21H,1-6H2,(H,18,20). The zero-order valence-corrected chi connectivity index (χ0v) is 11.0. The average molecular weight is 322 g/mol. The highest BCUT2D eigenvalue weighted by atomic mass is 19.4.